The van der Waals surface area contributed by atoms with Gasteiger partial charge < -0.3 is 14.6 Å². The molecule has 1 fully saturated rings. The molecule has 3 nitrogen and oxygen atoms in total. The molecule has 82 valence electrons. The molecule has 1 aromatic rings. The van der Waals surface area contributed by atoms with Crippen molar-refractivity contribution in [2.75, 3.05) is 13.7 Å². The Morgan fingerprint density at radius 2 is 2.07 bits per heavy atom. The van der Waals surface area contributed by atoms with E-state index in [9.17, 15) is 5.11 Å². The third-order valence-corrected chi connectivity index (χ3v) is 2.74. The van der Waals surface area contributed by atoms with E-state index in [1.807, 2.05) is 24.3 Å². The predicted molar refractivity (Wildman–Crippen MR) is 56.9 cm³/mol. The van der Waals surface area contributed by atoms with Gasteiger partial charge in [0.25, 0.3) is 0 Å². The van der Waals surface area contributed by atoms with E-state index in [0.29, 0.717) is 0 Å². The molecule has 0 bridgehead atoms. The average molecular weight is 208 g/mol. The van der Waals surface area contributed by atoms with Gasteiger partial charge in [-0.05, 0) is 30.5 Å². The highest BCUT2D eigenvalue weighted by molar-refractivity contribution is 5.29. The third kappa shape index (κ3) is 2.30. The molecule has 1 heterocycles. The molecule has 0 unspecified atom stereocenters. The monoisotopic (exact) mass is 208 g/mol. The first kappa shape index (κ1) is 10.5. The Bertz CT molecular complexity index is 307. The highest BCUT2D eigenvalue weighted by atomic mass is 16.5. The summed E-state index contributed by atoms with van der Waals surface area (Å²) in [6.45, 7) is 0.730. The minimum Gasteiger partial charge on any atom is -0.497 e. The molecule has 1 saturated heterocycles. The number of hydrogen-bond acceptors (Lipinski definition) is 3. The van der Waals surface area contributed by atoms with Crippen LogP contribution >= 0.6 is 0 Å². The van der Waals surface area contributed by atoms with Crippen molar-refractivity contribution in [3.05, 3.63) is 29.8 Å². The first-order valence-corrected chi connectivity index (χ1v) is 5.25. The second-order valence-electron chi connectivity index (χ2n) is 3.77. The van der Waals surface area contributed by atoms with E-state index < -0.39 is 0 Å². The lowest BCUT2D eigenvalue weighted by molar-refractivity contribution is -0.0758. The molecule has 1 N–H and O–H groups in total. The molecule has 1 aromatic carbocycles. The fourth-order valence-corrected chi connectivity index (χ4v) is 1.88. The Morgan fingerprint density at radius 1 is 1.33 bits per heavy atom. The summed E-state index contributed by atoms with van der Waals surface area (Å²) in [4.78, 5) is 0. The van der Waals surface area contributed by atoms with Crippen molar-refractivity contribution < 1.29 is 14.6 Å². The number of methoxy groups -OCH3 is 1. The molecule has 2 atom stereocenters. The number of rotatable bonds is 2. The molecule has 3 heteroatoms. The smallest absolute Gasteiger partial charge is 0.118 e. The van der Waals surface area contributed by atoms with E-state index in [1.54, 1.807) is 7.11 Å². The SMILES string of the molecule is COc1ccc([C@@H]2OCCC[C@H]2O)cc1. The lowest BCUT2D eigenvalue weighted by Gasteiger charge is -2.28. The van der Waals surface area contributed by atoms with Crippen molar-refractivity contribution in [1.29, 1.82) is 0 Å². The van der Waals surface area contributed by atoms with Gasteiger partial charge in [-0.1, -0.05) is 12.1 Å². The van der Waals surface area contributed by atoms with Crippen LogP contribution in [0.2, 0.25) is 0 Å². The molecular formula is C12H16O3. The quantitative estimate of drug-likeness (QED) is 0.806. The summed E-state index contributed by atoms with van der Waals surface area (Å²) in [6, 6.07) is 7.66. The van der Waals surface area contributed by atoms with Gasteiger partial charge in [0, 0.05) is 6.61 Å². The zero-order valence-corrected chi connectivity index (χ0v) is 8.85. The standard InChI is InChI=1S/C12H16O3/c1-14-10-6-4-9(5-7-10)12-11(13)3-2-8-15-12/h4-7,11-13H,2-3,8H2,1H3/t11-,12+/m1/s1. The molecule has 1 aliphatic rings. The third-order valence-electron chi connectivity index (χ3n) is 2.74. The summed E-state index contributed by atoms with van der Waals surface area (Å²) >= 11 is 0. The van der Waals surface area contributed by atoms with Crippen LogP contribution in [0.1, 0.15) is 24.5 Å². The van der Waals surface area contributed by atoms with E-state index in [0.717, 1.165) is 30.8 Å². The van der Waals surface area contributed by atoms with E-state index in [-0.39, 0.29) is 12.2 Å². The molecule has 0 aliphatic carbocycles. The minimum absolute atomic E-state index is 0.176. The van der Waals surface area contributed by atoms with Crippen molar-refractivity contribution in [2.24, 2.45) is 0 Å². The lowest BCUT2D eigenvalue weighted by Crippen LogP contribution is -2.26. The molecule has 0 aromatic heterocycles. The number of benzene rings is 1. The Morgan fingerprint density at radius 3 is 2.67 bits per heavy atom. The molecule has 1 aliphatic heterocycles. The van der Waals surface area contributed by atoms with E-state index in [4.69, 9.17) is 9.47 Å². The van der Waals surface area contributed by atoms with Crippen LogP contribution < -0.4 is 4.74 Å². The maximum absolute atomic E-state index is 9.79. The van der Waals surface area contributed by atoms with Crippen LogP contribution in [0, 0.1) is 0 Å². The maximum atomic E-state index is 9.79. The molecule has 0 saturated carbocycles. The average Bonchev–Trinajstić information content (AvgIpc) is 2.30. The second kappa shape index (κ2) is 4.64. The van der Waals surface area contributed by atoms with Gasteiger partial charge in [-0.2, -0.15) is 0 Å². The summed E-state index contributed by atoms with van der Waals surface area (Å²) in [5.41, 5.74) is 1.02. The van der Waals surface area contributed by atoms with Crippen molar-refractivity contribution in [3.63, 3.8) is 0 Å². The molecule has 0 amide bonds. The van der Waals surface area contributed by atoms with Gasteiger partial charge in [-0.15, -0.1) is 0 Å². The lowest BCUT2D eigenvalue weighted by atomic mass is 9.98. The summed E-state index contributed by atoms with van der Waals surface area (Å²) in [6.07, 6.45) is 1.20. The summed E-state index contributed by atoms with van der Waals surface area (Å²) < 4.78 is 10.6. The first-order chi connectivity index (χ1) is 7.31. The Hall–Kier alpha value is -1.06. The molecule has 15 heavy (non-hydrogen) atoms. The Labute approximate surface area is 89.6 Å². The first-order valence-electron chi connectivity index (χ1n) is 5.25. The fourth-order valence-electron chi connectivity index (χ4n) is 1.88. The summed E-state index contributed by atoms with van der Waals surface area (Å²) in [5, 5.41) is 9.79. The fraction of sp³-hybridized carbons (Fsp3) is 0.500. The van der Waals surface area contributed by atoms with Crippen LogP contribution in [0.15, 0.2) is 24.3 Å². The van der Waals surface area contributed by atoms with Gasteiger partial charge >= 0.3 is 0 Å². The number of aliphatic hydroxyl groups is 1. The van der Waals surface area contributed by atoms with E-state index in [1.165, 1.54) is 0 Å². The van der Waals surface area contributed by atoms with Crippen molar-refractivity contribution in [2.45, 2.75) is 25.0 Å². The van der Waals surface area contributed by atoms with Gasteiger partial charge in [-0.3, -0.25) is 0 Å². The van der Waals surface area contributed by atoms with Crippen LogP contribution in [-0.2, 0) is 4.74 Å². The zero-order chi connectivity index (χ0) is 10.7. The van der Waals surface area contributed by atoms with Crippen LogP contribution in [-0.4, -0.2) is 24.9 Å². The topological polar surface area (TPSA) is 38.7 Å². The molecule has 2 rings (SSSR count). The highest BCUT2D eigenvalue weighted by Crippen LogP contribution is 2.29. The molecular weight excluding hydrogens is 192 g/mol. The van der Waals surface area contributed by atoms with Crippen molar-refractivity contribution in [1.82, 2.24) is 0 Å². The van der Waals surface area contributed by atoms with E-state index >= 15 is 0 Å². The van der Waals surface area contributed by atoms with Crippen LogP contribution in [0.3, 0.4) is 0 Å². The largest absolute Gasteiger partial charge is 0.497 e. The zero-order valence-electron chi connectivity index (χ0n) is 8.85. The van der Waals surface area contributed by atoms with Gasteiger partial charge in [-0.25, -0.2) is 0 Å². The second-order valence-corrected chi connectivity index (χ2v) is 3.77. The Kier molecular flexibility index (Phi) is 3.23. The van der Waals surface area contributed by atoms with Crippen molar-refractivity contribution in [3.8, 4) is 5.75 Å². The van der Waals surface area contributed by atoms with Gasteiger partial charge in [0.1, 0.15) is 11.9 Å². The van der Waals surface area contributed by atoms with Crippen LogP contribution in [0.25, 0.3) is 0 Å². The predicted octanol–water partition coefficient (Wildman–Crippen LogP) is 1.91. The number of ether oxygens (including phenoxy) is 2. The van der Waals surface area contributed by atoms with Crippen molar-refractivity contribution >= 4 is 0 Å². The van der Waals surface area contributed by atoms with E-state index in [2.05, 4.69) is 0 Å². The van der Waals surface area contributed by atoms with Gasteiger partial charge in [0.2, 0.25) is 0 Å². The highest BCUT2D eigenvalue weighted by Gasteiger charge is 2.25. The van der Waals surface area contributed by atoms with Crippen LogP contribution in [0.4, 0.5) is 0 Å². The molecule has 0 spiro atoms. The van der Waals surface area contributed by atoms with Gasteiger partial charge in [0.05, 0.1) is 13.2 Å². The molecule has 0 radical (unpaired) electrons. The van der Waals surface area contributed by atoms with Crippen LogP contribution in [0.5, 0.6) is 5.75 Å². The summed E-state index contributed by atoms with van der Waals surface area (Å²) in [7, 11) is 1.64. The minimum atomic E-state index is -0.382. The summed E-state index contributed by atoms with van der Waals surface area (Å²) in [5.74, 6) is 0.823. The number of hydrogen-bond donors (Lipinski definition) is 1. The number of aliphatic hydroxyl groups excluding tert-OH is 1. The van der Waals surface area contributed by atoms with Gasteiger partial charge in [0.15, 0.2) is 0 Å². The Balaban J connectivity index is 2.13. The maximum Gasteiger partial charge on any atom is 0.118 e. The normalized spacial score (nSPS) is 26.3.